The molecule has 0 aliphatic carbocycles. The van der Waals surface area contributed by atoms with E-state index in [9.17, 15) is 9.90 Å². The summed E-state index contributed by atoms with van der Waals surface area (Å²) in [6.07, 6.45) is 0. The summed E-state index contributed by atoms with van der Waals surface area (Å²) >= 11 is 3.23. The van der Waals surface area contributed by atoms with Gasteiger partial charge in [-0.3, -0.25) is 0 Å². The number of aromatic nitrogens is 2. The van der Waals surface area contributed by atoms with Crippen LogP contribution in [0.2, 0.25) is 0 Å². The second-order valence-corrected chi connectivity index (χ2v) is 6.42. The zero-order valence-corrected chi connectivity index (χ0v) is 13.5. The zero-order valence-electron chi connectivity index (χ0n) is 11.9. The van der Waals surface area contributed by atoms with Crippen molar-refractivity contribution in [1.82, 2.24) is 10.1 Å². The van der Waals surface area contributed by atoms with E-state index in [0.717, 1.165) is 0 Å². The number of hydrogen-bond donors (Lipinski definition) is 1. The average molecular weight is 355 g/mol. The van der Waals surface area contributed by atoms with Crippen LogP contribution in [0.25, 0.3) is 0 Å². The van der Waals surface area contributed by atoms with E-state index in [2.05, 4.69) is 26.1 Å². The maximum atomic E-state index is 11.9. The van der Waals surface area contributed by atoms with E-state index in [1.54, 1.807) is 6.07 Å². The van der Waals surface area contributed by atoms with Crippen molar-refractivity contribution in [1.29, 1.82) is 0 Å². The van der Waals surface area contributed by atoms with Gasteiger partial charge in [0.15, 0.2) is 12.4 Å². The van der Waals surface area contributed by atoms with E-state index in [-0.39, 0.29) is 29.2 Å². The van der Waals surface area contributed by atoms with Gasteiger partial charge in [-0.15, -0.1) is 0 Å². The lowest BCUT2D eigenvalue weighted by molar-refractivity contribution is 0.0426. The fraction of sp³-hybridized carbons (Fsp3) is 0.357. The van der Waals surface area contributed by atoms with Crippen molar-refractivity contribution in [3.05, 3.63) is 40.0 Å². The molecule has 0 aliphatic rings. The van der Waals surface area contributed by atoms with E-state index in [0.29, 0.717) is 10.3 Å². The van der Waals surface area contributed by atoms with Crippen LogP contribution in [0, 0.1) is 0 Å². The van der Waals surface area contributed by atoms with Crippen molar-refractivity contribution in [3.8, 4) is 5.75 Å². The van der Waals surface area contributed by atoms with Crippen LogP contribution in [0.5, 0.6) is 5.75 Å². The minimum atomic E-state index is -0.663. The molecule has 2 aromatic rings. The van der Waals surface area contributed by atoms with Gasteiger partial charge in [0.2, 0.25) is 0 Å². The lowest BCUT2D eigenvalue weighted by atomic mass is 9.96. The van der Waals surface area contributed by atoms with Crippen LogP contribution in [-0.2, 0) is 16.8 Å². The van der Waals surface area contributed by atoms with Crippen molar-refractivity contribution >= 4 is 21.9 Å². The van der Waals surface area contributed by atoms with Crippen molar-refractivity contribution in [2.75, 3.05) is 0 Å². The number of phenolic OH excluding ortho intramolecular Hbond substituents is 1. The number of carbonyl (C=O) groups is 1. The standard InChI is InChI=1S/C14H15BrN2O4/c1-14(2,3)13-16-11(21-17-13)7-20-12(19)9-6-8(15)4-5-10(9)18/h4-6,18H,7H2,1-3H3. The van der Waals surface area contributed by atoms with Gasteiger partial charge in [-0.2, -0.15) is 4.98 Å². The maximum Gasteiger partial charge on any atom is 0.342 e. The Morgan fingerprint density at radius 1 is 1.43 bits per heavy atom. The molecule has 6 nitrogen and oxygen atoms in total. The number of esters is 1. The van der Waals surface area contributed by atoms with Gasteiger partial charge in [0.25, 0.3) is 5.89 Å². The topological polar surface area (TPSA) is 85.5 Å². The minimum absolute atomic E-state index is 0.0694. The number of nitrogens with zero attached hydrogens (tertiary/aromatic N) is 2. The smallest absolute Gasteiger partial charge is 0.342 e. The second-order valence-electron chi connectivity index (χ2n) is 5.50. The quantitative estimate of drug-likeness (QED) is 0.851. The highest BCUT2D eigenvalue weighted by Gasteiger charge is 2.22. The number of rotatable bonds is 3. The van der Waals surface area contributed by atoms with E-state index >= 15 is 0 Å². The van der Waals surface area contributed by atoms with Crippen LogP contribution in [0.3, 0.4) is 0 Å². The molecule has 0 amide bonds. The lowest BCUT2D eigenvalue weighted by Crippen LogP contribution is -2.13. The number of benzene rings is 1. The van der Waals surface area contributed by atoms with E-state index in [1.807, 2.05) is 20.8 Å². The summed E-state index contributed by atoms with van der Waals surface area (Å²) in [7, 11) is 0. The van der Waals surface area contributed by atoms with Crippen molar-refractivity contribution in [3.63, 3.8) is 0 Å². The molecule has 0 bridgehead atoms. The van der Waals surface area contributed by atoms with Gasteiger partial charge in [-0.1, -0.05) is 41.9 Å². The average Bonchev–Trinajstić information content (AvgIpc) is 2.87. The van der Waals surface area contributed by atoms with Gasteiger partial charge in [-0.05, 0) is 18.2 Å². The van der Waals surface area contributed by atoms with Crippen LogP contribution in [-0.4, -0.2) is 21.2 Å². The van der Waals surface area contributed by atoms with E-state index in [1.165, 1.54) is 12.1 Å². The fourth-order valence-corrected chi connectivity index (χ4v) is 1.86. The molecule has 0 atom stereocenters. The zero-order chi connectivity index (χ0) is 15.6. The fourth-order valence-electron chi connectivity index (χ4n) is 1.49. The van der Waals surface area contributed by atoms with Crippen LogP contribution in [0.4, 0.5) is 0 Å². The Labute approximate surface area is 130 Å². The molecular weight excluding hydrogens is 340 g/mol. The Hall–Kier alpha value is -1.89. The molecule has 0 saturated heterocycles. The number of halogens is 1. The van der Waals surface area contributed by atoms with Crippen molar-refractivity contribution in [2.45, 2.75) is 32.8 Å². The third-order valence-electron chi connectivity index (χ3n) is 2.64. The third-order valence-corrected chi connectivity index (χ3v) is 3.14. The highest BCUT2D eigenvalue weighted by atomic mass is 79.9. The molecule has 0 aliphatic heterocycles. The molecular formula is C14H15BrN2O4. The molecule has 0 unspecified atom stereocenters. The van der Waals surface area contributed by atoms with Gasteiger partial charge in [0.1, 0.15) is 11.3 Å². The first-order valence-corrected chi connectivity index (χ1v) is 7.05. The van der Waals surface area contributed by atoms with E-state index in [4.69, 9.17) is 9.26 Å². The summed E-state index contributed by atoms with van der Waals surface area (Å²) in [6, 6.07) is 4.51. The molecule has 7 heteroatoms. The summed E-state index contributed by atoms with van der Waals surface area (Å²) in [4.78, 5) is 16.1. The number of hydrogen-bond acceptors (Lipinski definition) is 6. The van der Waals surface area contributed by atoms with Crippen molar-refractivity contribution < 1.29 is 19.2 Å². The Morgan fingerprint density at radius 3 is 2.76 bits per heavy atom. The highest BCUT2D eigenvalue weighted by molar-refractivity contribution is 9.10. The van der Waals surface area contributed by atoms with Crippen molar-refractivity contribution in [2.24, 2.45) is 0 Å². The number of carbonyl (C=O) groups excluding carboxylic acids is 1. The molecule has 1 heterocycles. The predicted molar refractivity (Wildman–Crippen MR) is 77.9 cm³/mol. The monoisotopic (exact) mass is 354 g/mol. The highest BCUT2D eigenvalue weighted by Crippen LogP contribution is 2.23. The Balaban J connectivity index is 2.04. The summed E-state index contributed by atoms with van der Waals surface area (Å²) in [6.45, 7) is 5.71. The lowest BCUT2D eigenvalue weighted by Gasteiger charge is -2.10. The first kappa shape index (κ1) is 15.5. The number of ether oxygens (including phenoxy) is 1. The van der Waals surface area contributed by atoms with Gasteiger partial charge >= 0.3 is 5.97 Å². The van der Waals surface area contributed by atoms with Gasteiger partial charge in [0, 0.05) is 9.89 Å². The molecule has 2 rings (SSSR count). The molecule has 0 spiro atoms. The second kappa shape index (κ2) is 5.85. The molecule has 21 heavy (non-hydrogen) atoms. The molecule has 0 fully saturated rings. The SMILES string of the molecule is CC(C)(C)c1noc(COC(=O)c2cc(Br)ccc2O)n1. The van der Waals surface area contributed by atoms with Crippen LogP contribution < -0.4 is 0 Å². The van der Waals surface area contributed by atoms with Crippen LogP contribution >= 0.6 is 15.9 Å². The summed E-state index contributed by atoms with van der Waals surface area (Å²) < 4.78 is 10.7. The Morgan fingerprint density at radius 2 is 2.14 bits per heavy atom. The Bertz CT molecular complexity index is 661. The minimum Gasteiger partial charge on any atom is -0.507 e. The molecule has 1 aromatic heterocycles. The number of aromatic hydroxyl groups is 1. The Kier molecular flexibility index (Phi) is 4.32. The molecule has 1 aromatic carbocycles. The molecule has 0 radical (unpaired) electrons. The predicted octanol–water partition coefficient (Wildman–Crippen LogP) is 3.19. The molecule has 0 saturated carbocycles. The first-order valence-electron chi connectivity index (χ1n) is 6.26. The van der Waals surface area contributed by atoms with Crippen LogP contribution in [0.1, 0.15) is 42.8 Å². The maximum absolute atomic E-state index is 11.9. The summed E-state index contributed by atoms with van der Waals surface area (Å²) in [5.74, 6) is -0.0602. The van der Waals surface area contributed by atoms with Crippen LogP contribution in [0.15, 0.2) is 27.2 Å². The van der Waals surface area contributed by atoms with Gasteiger partial charge in [-0.25, -0.2) is 4.79 Å². The molecule has 1 N–H and O–H groups in total. The normalized spacial score (nSPS) is 11.4. The third kappa shape index (κ3) is 3.81. The number of phenols is 1. The van der Waals surface area contributed by atoms with Gasteiger partial charge < -0.3 is 14.4 Å². The summed E-state index contributed by atoms with van der Waals surface area (Å²) in [5, 5.41) is 13.5. The first-order chi connectivity index (χ1) is 9.77. The largest absolute Gasteiger partial charge is 0.507 e. The van der Waals surface area contributed by atoms with Gasteiger partial charge in [0.05, 0.1) is 0 Å². The van der Waals surface area contributed by atoms with E-state index < -0.39 is 5.97 Å². The molecule has 112 valence electrons. The summed E-state index contributed by atoms with van der Waals surface area (Å²) in [5.41, 5.74) is -0.172.